The maximum atomic E-state index is 11.6. The molecule has 1 aromatic heterocycles. The van der Waals surface area contributed by atoms with Crippen LogP contribution in [0.3, 0.4) is 0 Å². The van der Waals surface area contributed by atoms with Crippen LogP contribution in [0.5, 0.6) is 5.75 Å². The van der Waals surface area contributed by atoms with E-state index in [2.05, 4.69) is 4.98 Å². The highest BCUT2D eigenvalue weighted by Crippen LogP contribution is 2.35. The van der Waals surface area contributed by atoms with E-state index in [0.29, 0.717) is 23.5 Å². The van der Waals surface area contributed by atoms with E-state index < -0.39 is 11.8 Å². The highest BCUT2D eigenvalue weighted by Gasteiger charge is 2.32. The summed E-state index contributed by atoms with van der Waals surface area (Å²) in [5.74, 6) is -0.515. The maximum Gasteiger partial charge on any atom is 0.339 e. The second-order valence-electron chi connectivity index (χ2n) is 4.35. The van der Waals surface area contributed by atoms with Crippen molar-refractivity contribution in [2.24, 2.45) is 0 Å². The van der Waals surface area contributed by atoms with Crippen molar-refractivity contribution in [3.05, 3.63) is 23.0 Å². The van der Waals surface area contributed by atoms with Gasteiger partial charge in [-0.3, -0.25) is 4.98 Å². The number of nitrogens with zero attached hydrogens (tertiary/aromatic N) is 1. The molecule has 0 N–H and O–H groups in total. The molecule has 0 aromatic carbocycles. The first-order valence-electron chi connectivity index (χ1n) is 5.34. The minimum absolute atomic E-state index is 0.316. The zero-order chi connectivity index (χ0) is 12.6. The molecule has 0 bridgehead atoms. The highest BCUT2D eigenvalue weighted by molar-refractivity contribution is 5.91. The Balaban J connectivity index is 2.52. The Bertz CT molecular complexity index is 468. The van der Waals surface area contributed by atoms with Crippen molar-refractivity contribution in [2.45, 2.75) is 33.2 Å². The van der Waals surface area contributed by atoms with Gasteiger partial charge in [-0.15, -0.1) is 0 Å². The Hall–Kier alpha value is -1.62. The number of aromatic nitrogens is 1. The zero-order valence-electron chi connectivity index (χ0n) is 10.4. The summed E-state index contributed by atoms with van der Waals surface area (Å²) in [7, 11) is 1.34. The fourth-order valence-corrected chi connectivity index (χ4v) is 1.72. The van der Waals surface area contributed by atoms with Crippen LogP contribution in [-0.2, 0) is 16.1 Å². The van der Waals surface area contributed by atoms with Gasteiger partial charge in [0.15, 0.2) is 5.75 Å². The molecule has 0 fully saturated rings. The third-order valence-corrected chi connectivity index (χ3v) is 2.63. The molecule has 2 rings (SSSR count). The highest BCUT2D eigenvalue weighted by atomic mass is 16.7. The topological polar surface area (TPSA) is 57.7 Å². The normalized spacial score (nSPS) is 16.9. The van der Waals surface area contributed by atoms with Crippen molar-refractivity contribution in [3.63, 3.8) is 0 Å². The first-order valence-corrected chi connectivity index (χ1v) is 5.34. The number of pyridine rings is 1. The maximum absolute atomic E-state index is 11.6. The Morgan fingerprint density at radius 1 is 1.53 bits per heavy atom. The van der Waals surface area contributed by atoms with Gasteiger partial charge in [0.1, 0.15) is 0 Å². The molecule has 0 aliphatic carbocycles. The Kier molecular flexibility index (Phi) is 2.79. The van der Waals surface area contributed by atoms with Crippen LogP contribution in [0.2, 0.25) is 0 Å². The Morgan fingerprint density at radius 3 is 2.88 bits per heavy atom. The molecule has 5 nitrogen and oxygen atoms in total. The summed E-state index contributed by atoms with van der Waals surface area (Å²) in [6, 6.07) is 0. The zero-order valence-corrected chi connectivity index (χ0v) is 10.4. The number of carbonyl (C=O) groups excluding carboxylic acids is 1. The standard InChI is InChI=1S/C12H15NO4/c1-7-10-9(6-16-12(2,3)17-10)8(5-13-7)11(14)15-4/h5H,6H2,1-4H3. The molecule has 0 unspecified atom stereocenters. The van der Waals surface area contributed by atoms with E-state index in [1.165, 1.54) is 13.3 Å². The molecule has 0 saturated carbocycles. The summed E-state index contributed by atoms with van der Waals surface area (Å²) in [5.41, 5.74) is 1.83. The van der Waals surface area contributed by atoms with Crippen LogP contribution in [-0.4, -0.2) is 23.9 Å². The average Bonchev–Trinajstić information content (AvgIpc) is 2.28. The smallest absolute Gasteiger partial charge is 0.339 e. The van der Waals surface area contributed by atoms with Crippen molar-refractivity contribution in [1.82, 2.24) is 4.98 Å². The molecule has 2 heterocycles. The van der Waals surface area contributed by atoms with Crippen LogP contribution < -0.4 is 4.74 Å². The largest absolute Gasteiger partial charge is 0.465 e. The molecule has 0 amide bonds. The van der Waals surface area contributed by atoms with Crippen molar-refractivity contribution in [2.75, 3.05) is 7.11 Å². The number of aryl methyl sites for hydroxylation is 1. The fourth-order valence-electron chi connectivity index (χ4n) is 1.72. The summed E-state index contributed by atoms with van der Waals surface area (Å²) in [6.07, 6.45) is 1.49. The second kappa shape index (κ2) is 4.00. The van der Waals surface area contributed by atoms with Crippen molar-refractivity contribution < 1.29 is 19.0 Å². The van der Waals surface area contributed by atoms with Gasteiger partial charge in [-0.2, -0.15) is 0 Å². The van der Waals surface area contributed by atoms with Crippen molar-refractivity contribution in [3.8, 4) is 5.75 Å². The number of carbonyl (C=O) groups is 1. The van der Waals surface area contributed by atoms with Gasteiger partial charge in [-0.25, -0.2) is 4.79 Å². The number of rotatable bonds is 1. The summed E-state index contributed by atoms with van der Waals surface area (Å²) in [6.45, 7) is 5.79. The number of hydrogen-bond acceptors (Lipinski definition) is 5. The predicted octanol–water partition coefficient (Wildman–Crippen LogP) is 1.82. The number of methoxy groups -OCH3 is 1. The fraction of sp³-hybridized carbons (Fsp3) is 0.500. The van der Waals surface area contributed by atoms with Gasteiger partial charge in [0, 0.05) is 25.6 Å². The first kappa shape index (κ1) is 11.9. The van der Waals surface area contributed by atoms with Crippen LogP contribution in [0.1, 0.15) is 35.5 Å². The van der Waals surface area contributed by atoms with Crippen molar-refractivity contribution >= 4 is 5.97 Å². The van der Waals surface area contributed by atoms with Crippen LogP contribution in [0.25, 0.3) is 0 Å². The Labute approximate surface area is 99.7 Å². The molecule has 1 aliphatic rings. The molecule has 1 aliphatic heterocycles. The summed E-state index contributed by atoms with van der Waals surface area (Å²) < 4.78 is 15.9. The van der Waals surface area contributed by atoms with E-state index in [9.17, 15) is 4.79 Å². The number of ether oxygens (including phenoxy) is 3. The third kappa shape index (κ3) is 2.10. The van der Waals surface area contributed by atoms with E-state index >= 15 is 0 Å². The SMILES string of the molecule is COC(=O)c1cnc(C)c2c1COC(C)(C)O2. The molecular weight excluding hydrogens is 222 g/mol. The number of fused-ring (bicyclic) bond motifs is 1. The van der Waals surface area contributed by atoms with Gasteiger partial charge in [-0.1, -0.05) is 0 Å². The van der Waals surface area contributed by atoms with E-state index in [1.54, 1.807) is 0 Å². The van der Waals surface area contributed by atoms with Gasteiger partial charge in [0.05, 0.1) is 25.0 Å². The van der Waals surface area contributed by atoms with Crippen LogP contribution >= 0.6 is 0 Å². The minimum atomic E-state index is -0.700. The lowest BCUT2D eigenvalue weighted by Gasteiger charge is -2.33. The predicted molar refractivity (Wildman–Crippen MR) is 59.8 cm³/mol. The van der Waals surface area contributed by atoms with E-state index in [0.717, 1.165) is 5.69 Å². The average molecular weight is 237 g/mol. The lowest BCUT2D eigenvalue weighted by molar-refractivity contribution is -0.180. The van der Waals surface area contributed by atoms with Gasteiger partial charge < -0.3 is 14.2 Å². The summed E-state index contributed by atoms with van der Waals surface area (Å²) in [4.78, 5) is 15.7. The number of esters is 1. The molecule has 5 heteroatoms. The monoisotopic (exact) mass is 237 g/mol. The molecule has 92 valence electrons. The van der Waals surface area contributed by atoms with E-state index in [-0.39, 0.29) is 0 Å². The van der Waals surface area contributed by atoms with Crippen molar-refractivity contribution in [1.29, 1.82) is 0 Å². The quantitative estimate of drug-likeness (QED) is 0.697. The number of hydrogen-bond donors (Lipinski definition) is 0. The lowest BCUT2D eigenvalue weighted by Crippen LogP contribution is -2.36. The third-order valence-electron chi connectivity index (χ3n) is 2.63. The molecule has 0 radical (unpaired) electrons. The molecule has 1 aromatic rings. The molecule has 0 spiro atoms. The van der Waals surface area contributed by atoms with Crippen LogP contribution in [0.15, 0.2) is 6.20 Å². The lowest BCUT2D eigenvalue weighted by atomic mass is 10.1. The second-order valence-corrected chi connectivity index (χ2v) is 4.35. The van der Waals surface area contributed by atoms with Gasteiger partial charge >= 0.3 is 5.97 Å². The molecule has 0 atom stereocenters. The van der Waals surface area contributed by atoms with Gasteiger partial charge in [0.25, 0.3) is 0 Å². The minimum Gasteiger partial charge on any atom is -0.465 e. The Morgan fingerprint density at radius 2 is 2.24 bits per heavy atom. The van der Waals surface area contributed by atoms with E-state index in [1.807, 2.05) is 20.8 Å². The van der Waals surface area contributed by atoms with Gasteiger partial charge in [0.2, 0.25) is 5.79 Å². The van der Waals surface area contributed by atoms with Crippen LogP contribution in [0, 0.1) is 6.92 Å². The van der Waals surface area contributed by atoms with E-state index in [4.69, 9.17) is 14.2 Å². The molecular formula is C12H15NO4. The summed E-state index contributed by atoms with van der Waals surface area (Å²) >= 11 is 0. The van der Waals surface area contributed by atoms with Crippen LogP contribution in [0.4, 0.5) is 0 Å². The first-order chi connectivity index (χ1) is 7.94. The molecule has 17 heavy (non-hydrogen) atoms. The summed E-state index contributed by atoms with van der Waals surface area (Å²) in [5, 5.41) is 0. The van der Waals surface area contributed by atoms with Gasteiger partial charge in [-0.05, 0) is 6.92 Å². The molecule has 0 saturated heterocycles.